The highest BCUT2D eigenvalue weighted by Gasteiger charge is 2.35. The van der Waals surface area contributed by atoms with Crippen LogP contribution in [-0.4, -0.2) is 29.2 Å². The van der Waals surface area contributed by atoms with Gasteiger partial charge < -0.3 is 5.32 Å². The zero-order valence-electron chi connectivity index (χ0n) is 13.7. The van der Waals surface area contributed by atoms with Crippen LogP contribution in [0.1, 0.15) is 38.3 Å². The summed E-state index contributed by atoms with van der Waals surface area (Å²) >= 11 is 5.88. The SMILES string of the molecule is Cc1ccccc1CNC(=O)CCN1C(=O)c2ccc(Cl)cc2C1=O. The number of hydrogen-bond donors (Lipinski definition) is 1. The number of halogens is 1. The maximum Gasteiger partial charge on any atom is 0.261 e. The summed E-state index contributed by atoms with van der Waals surface area (Å²) in [6.45, 7) is 2.44. The number of hydrogen-bond acceptors (Lipinski definition) is 3. The van der Waals surface area contributed by atoms with E-state index in [2.05, 4.69) is 5.32 Å². The predicted octanol–water partition coefficient (Wildman–Crippen LogP) is 2.95. The van der Waals surface area contributed by atoms with Crippen molar-refractivity contribution in [3.05, 3.63) is 69.7 Å². The van der Waals surface area contributed by atoms with Crippen LogP contribution in [0.3, 0.4) is 0 Å². The summed E-state index contributed by atoms with van der Waals surface area (Å²) in [5, 5.41) is 3.22. The van der Waals surface area contributed by atoms with Crippen LogP contribution in [-0.2, 0) is 11.3 Å². The molecule has 0 fully saturated rings. The van der Waals surface area contributed by atoms with Gasteiger partial charge in [-0.05, 0) is 36.2 Å². The molecule has 0 bridgehead atoms. The fraction of sp³-hybridized carbons (Fsp3) is 0.211. The minimum atomic E-state index is -0.408. The van der Waals surface area contributed by atoms with Crippen molar-refractivity contribution in [3.63, 3.8) is 0 Å². The van der Waals surface area contributed by atoms with Crippen molar-refractivity contribution in [1.29, 1.82) is 0 Å². The fourth-order valence-corrected chi connectivity index (χ4v) is 2.94. The lowest BCUT2D eigenvalue weighted by atomic mass is 10.1. The van der Waals surface area contributed by atoms with E-state index in [0.29, 0.717) is 17.1 Å². The van der Waals surface area contributed by atoms with Crippen LogP contribution in [0.4, 0.5) is 0 Å². The largest absolute Gasteiger partial charge is 0.352 e. The third kappa shape index (κ3) is 3.56. The molecule has 0 aliphatic carbocycles. The lowest BCUT2D eigenvalue weighted by Gasteiger charge is -2.14. The van der Waals surface area contributed by atoms with E-state index >= 15 is 0 Å². The Bertz CT molecular complexity index is 863. The Balaban J connectivity index is 1.57. The Morgan fingerprint density at radius 3 is 2.56 bits per heavy atom. The van der Waals surface area contributed by atoms with Crippen LogP contribution in [0.15, 0.2) is 42.5 Å². The summed E-state index contributed by atoms with van der Waals surface area (Å²) in [6, 6.07) is 12.4. The van der Waals surface area contributed by atoms with E-state index < -0.39 is 5.91 Å². The number of carbonyl (C=O) groups excluding carboxylic acids is 3. The Labute approximate surface area is 150 Å². The number of benzene rings is 2. The summed E-state index contributed by atoms with van der Waals surface area (Å²) in [5.41, 5.74) is 2.75. The van der Waals surface area contributed by atoms with Gasteiger partial charge in [0.1, 0.15) is 0 Å². The van der Waals surface area contributed by atoms with Gasteiger partial charge in [0.15, 0.2) is 0 Å². The van der Waals surface area contributed by atoms with Crippen LogP contribution in [0.2, 0.25) is 5.02 Å². The van der Waals surface area contributed by atoms with Crippen molar-refractivity contribution in [2.24, 2.45) is 0 Å². The molecule has 1 aliphatic heterocycles. The average Bonchev–Trinajstić information content (AvgIpc) is 2.83. The van der Waals surface area contributed by atoms with Gasteiger partial charge >= 0.3 is 0 Å². The van der Waals surface area contributed by atoms with Crippen LogP contribution >= 0.6 is 11.6 Å². The Morgan fingerprint density at radius 1 is 1.08 bits per heavy atom. The monoisotopic (exact) mass is 356 g/mol. The Kier molecular flexibility index (Phi) is 4.86. The van der Waals surface area contributed by atoms with E-state index in [0.717, 1.165) is 16.0 Å². The minimum absolute atomic E-state index is 0.0452. The molecule has 0 radical (unpaired) electrons. The van der Waals surface area contributed by atoms with E-state index in [1.54, 1.807) is 6.07 Å². The second kappa shape index (κ2) is 7.07. The van der Waals surface area contributed by atoms with Crippen molar-refractivity contribution in [2.45, 2.75) is 19.9 Å². The van der Waals surface area contributed by atoms with Gasteiger partial charge in [0, 0.05) is 24.5 Å². The first-order chi connectivity index (χ1) is 12.0. The molecule has 2 aromatic rings. The number of nitrogens with zero attached hydrogens (tertiary/aromatic N) is 1. The third-order valence-corrected chi connectivity index (χ3v) is 4.47. The molecular formula is C19H17ClN2O3. The minimum Gasteiger partial charge on any atom is -0.352 e. The van der Waals surface area contributed by atoms with E-state index in [9.17, 15) is 14.4 Å². The summed E-state index contributed by atoms with van der Waals surface area (Å²) in [6.07, 6.45) is 0.0606. The first-order valence-electron chi connectivity index (χ1n) is 7.94. The summed E-state index contributed by atoms with van der Waals surface area (Å²) in [5.74, 6) is -1.00. The van der Waals surface area contributed by atoms with Gasteiger partial charge in [0.2, 0.25) is 5.91 Å². The zero-order valence-corrected chi connectivity index (χ0v) is 14.5. The van der Waals surface area contributed by atoms with Gasteiger partial charge in [-0.15, -0.1) is 0 Å². The Morgan fingerprint density at radius 2 is 1.80 bits per heavy atom. The number of fused-ring (bicyclic) bond motifs is 1. The second-order valence-corrected chi connectivity index (χ2v) is 6.34. The molecule has 0 aromatic heterocycles. The van der Waals surface area contributed by atoms with Crippen molar-refractivity contribution in [3.8, 4) is 0 Å². The summed E-state index contributed by atoms with van der Waals surface area (Å²) in [7, 11) is 0. The number of amides is 3. The van der Waals surface area contributed by atoms with Gasteiger partial charge in [-0.3, -0.25) is 19.3 Å². The van der Waals surface area contributed by atoms with Crippen molar-refractivity contribution in [2.75, 3.05) is 6.54 Å². The molecule has 0 saturated heterocycles. The number of imide groups is 1. The lowest BCUT2D eigenvalue weighted by molar-refractivity contribution is -0.121. The molecule has 1 aliphatic rings. The van der Waals surface area contributed by atoms with Crippen LogP contribution < -0.4 is 5.32 Å². The Hall–Kier alpha value is -2.66. The van der Waals surface area contributed by atoms with E-state index in [1.165, 1.54) is 12.1 Å². The average molecular weight is 357 g/mol. The van der Waals surface area contributed by atoms with Crippen molar-refractivity contribution in [1.82, 2.24) is 10.2 Å². The van der Waals surface area contributed by atoms with Gasteiger partial charge in [-0.2, -0.15) is 0 Å². The molecule has 3 amide bonds. The fourth-order valence-electron chi connectivity index (χ4n) is 2.77. The summed E-state index contributed by atoms with van der Waals surface area (Å²) < 4.78 is 0. The van der Waals surface area contributed by atoms with E-state index in [4.69, 9.17) is 11.6 Å². The topological polar surface area (TPSA) is 66.5 Å². The molecule has 0 saturated carbocycles. The first-order valence-corrected chi connectivity index (χ1v) is 8.32. The van der Waals surface area contributed by atoms with Gasteiger partial charge in [0.25, 0.3) is 11.8 Å². The molecule has 2 aromatic carbocycles. The molecule has 0 unspecified atom stereocenters. The molecular weight excluding hydrogens is 340 g/mol. The zero-order chi connectivity index (χ0) is 18.0. The van der Waals surface area contributed by atoms with Gasteiger partial charge in [-0.1, -0.05) is 35.9 Å². The maximum absolute atomic E-state index is 12.3. The van der Waals surface area contributed by atoms with E-state index in [1.807, 2.05) is 31.2 Å². The molecule has 5 nitrogen and oxygen atoms in total. The third-order valence-electron chi connectivity index (χ3n) is 4.23. The quantitative estimate of drug-likeness (QED) is 0.837. The predicted molar refractivity (Wildman–Crippen MR) is 94.5 cm³/mol. The lowest BCUT2D eigenvalue weighted by Crippen LogP contribution is -2.34. The molecule has 6 heteroatoms. The van der Waals surface area contributed by atoms with Crippen LogP contribution in [0.25, 0.3) is 0 Å². The number of aryl methyl sites for hydroxylation is 1. The number of rotatable bonds is 5. The molecule has 1 heterocycles. The van der Waals surface area contributed by atoms with Crippen molar-refractivity contribution < 1.29 is 14.4 Å². The maximum atomic E-state index is 12.3. The summed E-state index contributed by atoms with van der Waals surface area (Å²) in [4.78, 5) is 37.7. The number of carbonyl (C=O) groups is 3. The molecule has 128 valence electrons. The van der Waals surface area contributed by atoms with E-state index in [-0.39, 0.29) is 30.3 Å². The van der Waals surface area contributed by atoms with Crippen LogP contribution in [0, 0.1) is 6.92 Å². The highest BCUT2D eigenvalue weighted by Crippen LogP contribution is 2.25. The molecule has 3 rings (SSSR count). The second-order valence-electron chi connectivity index (χ2n) is 5.91. The van der Waals surface area contributed by atoms with Crippen LogP contribution in [0.5, 0.6) is 0 Å². The highest BCUT2D eigenvalue weighted by molar-refractivity contribution is 6.32. The molecule has 25 heavy (non-hydrogen) atoms. The number of nitrogens with one attached hydrogen (secondary N) is 1. The standard InChI is InChI=1S/C19H17ClN2O3/c1-12-4-2-3-5-13(12)11-21-17(23)8-9-22-18(24)15-7-6-14(20)10-16(15)19(22)25/h2-7,10H,8-9,11H2,1H3,(H,21,23). The van der Waals surface area contributed by atoms with Crippen molar-refractivity contribution >= 4 is 29.3 Å². The molecule has 0 atom stereocenters. The molecule has 1 N–H and O–H groups in total. The molecule has 0 spiro atoms. The smallest absolute Gasteiger partial charge is 0.261 e. The normalized spacial score (nSPS) is 13.1. The van der Waals surface area contributed by atoms with Gasteiger partial charge in [0.05, 0.1) is 11.1 Å². The van der Waals surface area contributed by atoms with Gasteiger partial charge in [-0.25, -0.2) is 0 Å². The first kappa shape index (κ1) is 17.2. The highest BCUT2D eigenvalue weighted by atomic mass is 35.5.